The number of nitrogens with zero attached hydrogens (tertiary/aromatic N) is 2. The minimum Gasteiger partial charge on any atom is -0.439 e. The van der Waals surface area contributed by atoms with Gasteiger partial charge < -0.3 is 9.15 Å². The number of benzene rings is 3. The molecule has 0 unspecified atom stereocenters. The molecule has 0 amide bonds. The average Bonchev–Trinajstić information content (AvgIpc) is 3.21. The first-order chi connectivity index (χ1) is 14.9. The lowest BCUT2D eigenvalue weighted by Crippen LogP contribution is -2.10. The first kappa shape index (κ1) is 20.9. The molecule has 0 fully saturated rings. The molecule has 3 aromatic carbocycles. The molecule has 4 heteroatoms. The monoisotopic (exact) mass is 412 g/mol. The van der Waals surface area contributed by atoms with Gasteiger partial charge in [-0.25, -0.2) is 4.98 Å². The van der Waals surface area contributed by atoms with Crippen LogP contribution in [0.3, 0.4) is 0 Å². The van der Waals surface area contributed by atoms with Gasteiger partial charge in [0.25, 0.3) is 0 Å². The molecule has 0 aliphatic rings. The lowest BCUT2D eigenvalue weighted by molar-refractivity contribution is 0.548. The van der Waals surface area contributed by atoms with Crippen LogP contribution >= 0.6 is 0 Å². The van der Waals surface area contributed by atoms with E-state index in [9.17, 15) is 0 Å². The summed E-state index contributed by atoms with van der Waals surface area (Å²) in [5.41, 5.74) is 5.97. The Morgan fingerprint density at radius 1 is 0.839 bits per heavy atom. The summed E-state index contributed by atoms with van der Waals surface area (Å²) in [6, 6.07) is 22.3. The minimum absolute atomic E-state index is 0.488. The fraction of sp³-hybridized carbons (Fsp3) is 0.259. The summed E-state index contributed by atoms with van der Waals surface area (Å²) in [7, 11) is 1.73. The van der Waals surface area contributed by atoms with Crippen molar-refractivity contribution in [3.8, 4) is 17.2 Å². The lowest BCUT2D eigenvalue weighted by atomic mass is 10.0. The molecule has 0 radical (unpaired) electrons. The molecule has 4 nitrogen and oxygen atoms in total. The third-order valence-corrected chi connectivity index (χ3v) is 5.43. The van der Waals surface area contributed by atoms with Crippen molar-refractivity contribution in [2.75, 3.05) is 7.05 Å². The maximum atomic E-state index is 6.08. The van der Waals surface area contributed by atoms with Crippen LogP contribution in [0, 0.1) is 0 Å². The van der Waals surface area contributed by atoms with Crippen LogP contribution in [0.1, 0.15) is 56.2 Å². The lowest BCUT2D eigenvalue weighted by Gasteiger charge is -2.10. The zero-order valence-corrected chi connectivity index (χ0v) is 18.7. The van der Waals surface area contributed by atoms with Crippen molar-refractivity contribution >= 4 is 17.0 Å². The van der Waals surface area contributed by atoms with Gasteiger partial charge in [-0.2, -0.15) is 0 Å². The fourth-order valence-corrected chi connectivity index (χ4v) is 3.46. The van der Waals surface area contributed by atoms with Gasteiger partial charge in [-0.3, -0.25) is 4.99 Å². The van der Waals surface area contributed by atoms with Gasteiger partial charge in [0.15, 0.2) is 5.58 Å². The number of fused-ring (bicyclic) bond motifs is 1. The summed E-state index contributed by atoms with van der Waals surface area (Å²) in [6.45, 7) is 8.73. The number of oxazole rings is 1. The molecule has 4 rings (SSSR count). The Balaban J connectivity index is 1.57. The zero-order chi connectivity index (χ0) is 22.0. The molecule has 0 aliphatic carbocycles. The summed E-state index contributed by atoms with van der Waals surface area (Å²) in [6.07, 6.45) is 0. The van der Waals surface area contributed by atoms with E-state index in [1.807, 2.05) is 30.3 Å². The Labute approximate surface area is 183 Å². The Bertz CT molecular complexity index is 1200. The topological polar surface area (TPSA) is 47.6 Å². The van der Waals surface area contributed by atoms with E-state index in [0.717, 1.165) is 16.6 Å². The first-order valence-corrected chi connectivity index (χ1v) is 10.7. The number of rotatable bonds is 5. The first-order valence-electron chi connectivity index (χ1n) is 10.7. The van der Waals surface area contributed by atoms with Gasteiger partial charge in [0.05, 0.1) is 0 Å². The molecule has 0 saturated heterocycles. The van der Waals surface area contributed by atoms with E-state index in [-0.39, 0.29) is 0 Å². The van der Waals surface area contributed by atoms with Crippen LogP contribution < -0.4 is 4.74 Å². The minimum atomic E-state index is 0.488. The Morgan fingerprint density at radius 2 is 1.45 bits per heavy atom. The molecule has 31 heavy (non-hydrogen) atoms. The van der Waals surface area contributed by atoms with Crippen LogP contribution in [0.25, 0.3) is 22.6 Å². The van der Waals surface area contributed by atoms with Crippen LogP contribution in [-0.2, 0) is 0 Å². The molecular formula is C27H28N2O2. The number of ether oxygens (including phenoxy) is 1. The highest BCUT2D eigenvalue weighted by molar-refractivity contribution is 5.96. The van der Waals surface area contributed by atoms with E-state index in [1.165, 1.54) is 11.1 Å². The van der Waals surface area contributed by atoms with Crippen molar-refractivity contribution in [2.45, 2.75) is 39.5 Å². The zero-order valence-electron chi connectivity index (χ0n) is 18.7. The van der Waals surface area contributed by atoms with E-state index in [0.29, 0.717) is 35.0 Å². The van der Waals surface area contributed by atoms with Crippen LogP contribution in [0.15, 0.2) is 76.1 Å². The van der Waals surface area contributed by atoms with Gasteiger partial charge in [0.2, 0.25) is 11.8 Å². The molecule has 0 spiro atoms. The van der Waals surface area contributed by atoms with E-state index in [2.05, 4.69) is 74.1 Å². The Morgan fingerprint density at radius 3 is 2.03 bits per heavy atom. The quantitative estimate of drug-likeness (QED) is 0.257. The summed E-state index contributed by atoms with van der Waals surface area (Å²) < 4.78 is 12.1. The second kappa shape index (κ2) is 8.76. The largest absolute Gasteiger partial charge is 0.439 e. The summed E-state index contributed by atoms with van der Waals surface area (Å²) in [5.74, 6) is 2.82. The molecule has 0 saturated carbocycles. The number of hydrogen-bond acceptors (Lipinski definition) is 4. The standard InChI is InChI=1S/C27H28N2O2/c1-17(2)19-6-10-21(11-7-19)26(28-5)30-23-14-15-24-25(16-23)31-27(29-24)22-12-8-20(9-13-22)18(3)4/h6-18H,1-5H3/b28-26-. The SMILES string of the molecule is C/N=C(\Oc1ccc2nc(-c3ccc(C(C)C)cc3)oc2c1)c1ccc(C(C)C)cc1. The van der Waals surface area contributed by atoms with Crippen molar-refractivity contribution in [3.05, 3.63) is 83.4 Å². The molecular weight excluding hydrogens is 384 g/mol. The van der Waals surface area contributed by atoms with Crippen molar-refractivity contribution in [3.63, 3.8) is 0 Å². The second-order valence-electron chi connectivity index (χ2n) is 8.33. The summed E-state index contributed by atoms with van der Waals surface area (Å²) >= 11 is 0. The Hall–Kier alpha value is -3.40. The van der Waals surface area contributed by atoms with Crippen molar-refractivity contribution in [1.82, 2.24) is 4.98 Å². The highest BCUT2D eigenvalue weighted by Crippen LogP contribution is 2.28. The van der Waals surface area contributed by atoms with Gasteiger partial charge >= 0.3 is 0 Å². The van der Waals surface area contributed by atoms with E-state index < -0.39 is 0 Å². The van der Waals surface area contributed by atoms with Crippen molar-refractivity contribution in [2.24, 2.45) is 4.99 Å². The van der Waals surface area contributed by atoms with E-state index in [1.54, 1.807) is 7.05 Å². The number of aromatic nitrogens is 1. The van der Waals surface area contributed by atoms with Gasteiger partial charge in [0.1, 0.15) is 11.3 Å². The summed E-state index contributed by atoms with van der Waals surface area (Å²) in [4.78, 5) is 8.96. The maximum absolute atomic E-state index is 6.08. The smallest absolute Gasteiger partial charge is 0.227 e. The highest BCUT2D eigenvalue weighted by Gasteiger charge is 2.12. The molecule has 0 atom stereocenters. The van der Waals surface area contributed by atoms with E-state index in [4.69, 9.17) is 9.15 Å². The molecule has 0 aliphatic heterocycles. The molecule has 4 aromatic rings. The molecule has 0 N–H and O–H groups in total. The Kier molecular flexibility index (Phi) is 5.90. The maximum Gasteiger partial charge on any atom is 0.227 e. The summed E-state index contributed by atoms with van der Waals surface area (Å²) in [5, 5.41) is 0. The van der Waals surface area contributed by atoms with Crippen LogP contribution in [0.5, 0.6) is 5.75 Å². The fourth-order valence-electron chi connectivity index (χ4n) is 3.46. The van der Waals surface area contributed by atoms with Crippen LogP contribution in [0.2, 0.25) is 0 Å². The third-order valence-electron chi connectivity index (χ3n) is 5.43. The molecule has 1 heterocycles. The van der Waals surface area contributed by atoms with Crippen LogP contribution in [0.4, 0.5) is 0 Å². The van der Waals surface area contributed by atoms with E-state index >= 15 is 0 Å². The van der Waals surface area contributed by atoms with Crippen molar-refractivity contribution < 1.29 is 9.15 Å². The predicted octanol–water partition coefficient (Wildman–Crippen LogP) is 7.20. The van der Waals surface area contributed by atoms with Crippen LogP contribution in [-0.4, -0.2) is 17.9 Å². The number of hydrogen-bond donors (Lipinski definition) is 0. The highest BCUT2D eigenvalue weighted by atomic mass is 16.5. The second-order valence-corrected chi connectivity index (χ2v) is 8.33. The number of aliphatic imine (C=N–C) groups is 1. The van der Waals surface area contributed by atoms with Gasteiger partial charge in [-0.1, -0.05) is 52.0 Å². The van der Waals surface area contributed by atoms with Gasteiger partial charge in [-0.15, -0.1) is 0 Å². The predicted molar refractivity (Wildman–Crippen MR) is 127 cm³/mol. The average molecular weight is 413 g/mol. The van der Waals surface area contributed by atoms with Gasteiger partial charge in [0, 0.05) is 24.2 Å². The third kappa shape index (κ3) is 4.53. The molecule has 0 bridgehead atoms. The molecule has 158 valence electrons. The van der Waals surface area contributed by atoms with Gasteiger partial charge in [-0.05, 0) is 59.4 Å². The van der Waals surface area contributed by atoms with Crippen molar-refractivity contribution in [1.29, 1.82) is 0 Å². The normalized spacial score (nSPS) is 12.2. The molecule has 1 aromatic heterocycles.